The molecule has 0 unspecified atom stereocenters. The van der Waals surface area contributed by atoms with Crippen molar-refractivity contribution in [3.63, 3.8) is 0 Å². The summed E-state index contributed by atoms with van der Waals surface area (Å²) in [5.74, 6) is -0.813. The molecular formula is C14H20N2O4S. The maximum atomic E-state index is 11.8. The van der Waals surface area contributed by atoms with E-state index >= 15 is 0 Å². The Morgan fingerprint density at radius 3 is 2.62 bits per heavy atom. The molecule has 0 aliphatic heterocycles. The molecule has 1 saturated carbocycles. The van der Waals surface area contributed by atoms with Gasteiger partial charge in [0.15, 0.2) is 0 Å². The predicted octanol–water partition coefficient (Wildman–Crippen LogP) is 2.45. The first-order chi connectivity index (χ1) is 10.1. The molecule has 6 nitrogen and oxygen atoms in total. The number of carbonyl (C=O) groups excluding carboxylic acids is 1. The van der Waals surface area contributed by atoms with Crippen molar-refractivity contribution < 1.29 is 19.1 Å². The second-order valence-electron chi connectivity index (χ2n) is 5.11. The van der Waals surface area contributed by atoms with Crippen molar-refractivity contribution in [3.05, 3.63) is 23.7 Å². The number of amides is 2. The fourth-order valence-electron chi connectivity index (χ4n) is 2.43. The van der Waals surface area contributed by atoms with E-state index in [1.807, 2.05) is 11.8 Å². The lowest BCUT2D eigenvalue weighted by Gasteiger charge is -2.27. The Labute approximate surface area is 127 Å². The summed E-state index contributed by atoms with van der Waals surface area (Å²) in [4.78, 5) is 22.5. The lowest BCUT2D eigenvalue weighted by atomic mass is 9.95. The van der Waals surface area contributed by atoms with Gasteiger partial charge in [-0.2, -0.15) is 11.8 Å². The van der Waals surface area contributed by atoms with Crippen LogP contribution in [0.15, 0.2) is 16.5 Å². The van der Waals surface area contributed by atoms with Gasteiger partial charge in [-0.25, -0.2) is 9.59 Å². The predicted molar refractivity (Wildman–Crippen MR) is 80.6 cm³/mol. The largest absolute Gasteiger partial charge is 0.475 e. The first kappa shape index (κ1) is 15.8. The average Bonchev–Trinajstić information content (AvgIpc) is 2.95. The highest BCUT2D eigenvalue weighted by molar-refractivity contribution is 7.99. The van der Waals surface area contributed by atoms with Crippen LogP contribution in [0.2, 0.25) is 0 Å². The zero-order chi connectivity index (χ0) is 15.2. The number of nitrogens with one attached hydrogen (secondary N) is 2. The number of thioether (sulfide) groups is 1. The highest BCUT2D eigenvalue weighted by Gasteiger charge is 2.21. The summed E-state index contributed by atoms with van der Waals surface area (Å²) in [6.07, 6.45) is 6.39. The van der Waals surface area contributed by atoms with Crippen LogP contribution in [-0.4, -0.2) is 34.7 Å². The Balaban J connectivity index is 1.71. The second-order valence-corrected chi connectivity index (χ2v) is 6.25. The third-order valence-electron chi connectivity index (χ3n) is 3.64. The third kappa shape index (κ3) is 4.70. The number of aromatic carboxylic acids is 1. The normalized spacial score (nSPS) is 21.8. The Morgan fingerprint density at radius 1 is 1.33 bits per heavy atom. The van der Waals surface area contributed by atoms with E-state index in [1.54, 1.807) is 6.07 Å². The monoisotopic (exact) mass is 312 g/mol. The minimum atomic E-state index is -1.11. The van der Waals surface area contributed by atoms with Gasteiger partial charge in [0, 0.05) is 11.3 Å². The molecule has 3 N–H and O–H groups in total. The molecule has 7 heteroatoms. The molecule has 1 fully saturated rings. The van der Waals surface area contributed by atoms with Crippen molar-refractivity contribution in [3.8, 4) is 0 Å². The van der Waals surface area contributed by atoms with Crippen LogP contribution in [0.3, 0.4) is 0 Å². The van der Waals surface area contributed by atoms with Crippen molar-refractivity contribution in [2.45, 2.75) is 43.5 Å². The molecule has 21 heavy (non-hydrogen) atoms. The van der Waals surface area contributed by atoms with Crippen LogP contribution in [0.1, 0.15) is 42.0 Å². The molecule has 1 aromatic rings. The van der Waals surface area contributed by atoms with Crippen LogP contribution >= 0.6 is 11.8 Å². The van der Waals surface area contributed by atoms with Gasteiger partial charge in [0.2, 0.25) is 5.76 Å². The minimum absolute atomic E-state index is 0.123. The van der Waals surface area contributed by atoms with Gasteiger partial charge in [0.05, 0.1) is 6.54 Å². The summed E-state index contributed by atoms with van der Waals surface area (Å²) >= 11 is 1.89. The number of urea groups is 1. The number of hydrogen-bond acceptors (Lipinski definition) is 4. The molecule has 2 amide bonds. The molecule has 116 valence electrons. The zero-order valence-electron chi connectivity index (χ0n) is 11.9. The van der Waals surface area contributed by atoms with E-state index in [2.05, 4.69) is 16.9 Å². The van der Waals surface area contributed by atoms with E-state index < -0.39 is 5.97 Å². The molecule has 0 bridgehead atoms. The van der Waals surface area contributed by atoms with Crippen molar-refractivity contribution in [1.29, 1.82) is 0 Å². The van der Waals surface area contributed by atoms with Crippen molar-refractivity contribution in [1.82, 2.24) is 10.6 Å². The van der Waals surface area contributed by atoms with Gasteiger partial charge < -0.3 is 20.2 Å². The van der Waals surface area contributed by atoms with Crippen LogP contribution in [0.25, 0.3) is 0 Å². The summed E-state index contributed by atoms with van der Waals surface area (Å²) in [5, 5.41) is 15.1. The standard InChI is InChI=1S/C14H20N2O4S/c1-21-11-5-2-9(3-6-11)16-14(19)15-8-10-4-7-12(20-10)13(17)18/h4,7,9,11H,2-3,5-6,8H2,1H3,(H,17,18)(H2,15,16,19). The Kier molecular flexibility index (Phi) is 5.55. The Morgan fingerprint density at radius 2 is 2.05 bits per heavy atom. The molecule has 1 aliphatic rings. The average molecular weight is 312 g/mol. The van der Waals surface area contributed by atoms with E-state index in [0.717, 1.165) is 25.7 Å². The maximum Gasteiger partial charge on any atom is 0.371 e. The summed E-state index contributed by atoms with van der Waals surface area (Å²) < 4.78 is 5.07. The van der Waals surface area contributed by atoms with Gasteiger partial charge in [-0.05, 0) is 44.1 Å². The Hall–Kier alpha value is -1.63. The van der Waals surface area contributed by atoms with Crippen molar-refractivity contribution in [2.75, 3.05) is 6.26 Å². The number of furan rings is 1. The molecule has 2 rings (SSSR count). The molecular weight excluding hydrogens is 292 g/mol. The topological polar surface area (TPSA) is 91.6 Å². The van der Waals surface area contributed by atoms with E-state index in [9.17, 15) is 9.59 Å². The highest BCUT2D eigenvalue weighted by Crippen LogP contribution is 2.26. The number of carboxylic acid groups (broad SMARTS) is 1. The smallest absolute Gasteiger partial charge is 0.371 e. The van der Waals surface area contributed by atoms with Crippen LogP contribution in [-0.2, 0) is 6.54 Å². The SMILES string of the molecule is CSC1CCC(NC(=O)NCc2ccc(C(=O)O)o2)CC1. The maximum absolute atomic E-state index is 11.8. The minimum Gasteiger partial charge on any atom is -0.475 e. The zero-order valence-corrected chi connectivity index (χ0v) is 12.7. The van der Waals surface area contributed by atoms with E-state index in [0.29, 0.717) is 11.0 Å². The molecule has 0 atom stereocenters. The first-order valence-corrected chi connectivity index (χ1v) is 8.26. The quantitative estimate of drug-likeness (QED) is 0.777. The summed E-state index contributed by atoms with van der Waals surface area (Å²) in [6.45, 7) is 0.180. The molecule has 0 radical (unpaired) electrons. The van der Waals surface area contributed by atoms with Crippen LogP contribution in [0, 0.1) is 0 Å². The summed E-state index contributed by atoms with van der Waals surface area (Å²) in [6, 6.07) is 2.91. The number of carbonyl (C=O) groups is 2. The molecule has 0 aromatic carbocycles. The van der Waals surface area contributed by atoms with Gasteiger partial charge in [-0.1, -0.05) is 0 Å². The number of carboxylic acids is 1. The van der Waals surface area contributed by atoms with Gasteiger partial charge in [0.1, 0.15) is 5.76 Å². The van der Waals surface area contributed by atoms with Gasteiger partial charge in [-0.3, -0.25) is 0 Å². The van der Waals surface area contributed by atoms with E-state index in [4.69, 9.17) is 9.52 Å². The van der Waals surface area contributed by atoms with Crippen LogP contribution in [0.4, 0.5) is 4.79 Å². The molecule has 1 heterocycles. The second kappa shape index (κ2) is 7.40. The molecule has 0 spiro atoms. The van der Waals surface area contributed by atoms with E-state index in [-0.39, 0.29) is 24.4 Å². The van der Waals surface area contributed by atoms with Crippen molar-refractivity contribution >= 4 is 23.8 Å². The number of hydrogen-bond donors (Lipinski definition) is 3. The molecule has 1 aromatic heterocycles. The third-order valence-corrected chi connectivity index (χ3v) is 4.78. The van der Waals surface area contributed by atoms with Crippen LogP contribution < -0.4 is 10.6 Å². The Bertz CT molecular complexity index is 495. The fourth-order valence-corrected chi connectivity index (χ4v) is 3.18. The van der Waals surface area contributed by atoms with Gasteiger partial charge >= 0.3 is 12.0 Å². The fraction of sp³-hybridized carbons (Fsp3) is 0.571. The van der Waals surface area contributed by atoms with Gasteiger partial charge in [0.25, 0.3) is 0 Å². The highest BCUT2D eigenvalue weighted by atomic mass is 32.2. The van der Waals surface area contributed by atoms with Gasteiger partial charge in [-0.15, -0.1) is 0 Å². The lowest BCUT2D eigenvalue weighted by molar-refractivity contribution is 0.0660. The number of rotatable bonds is 5. The van der Waals surface area contributed by atoms with Crippen molar-refractivity contribution in [2.24, 2.45) is 0 Å². The van der Waals surface area contributed by atoms with E-state index in [1.165, 1.54) is 6.07 Å². The summed E-state index contributed by atoms with van der Waals surface area (Å²) in [7, 11) is 0. The molecule has 0 saturated heterocycles. The van der Waals surface area contributed by atoms with Crippen LogP contribution in [0.5, 0.6) is 0 Å². The first-order valence-electron chi connectivity index (χ1n) is 6.97. The summed E-state index contributed by atoms with van der Waals surface area (Å²) in [5.41, 5.74) is 0. The molecule has 1 aliphatic carbocycles. The lowest BCUT2D eigenvalue weighted by Crippen LogP contribution is -2.43.